The standard InChI is InChI=1S/C28H43FO3/c1-2-3-4-5-9-12-27(29)28(30)32-26-17-13-22(14-18-26)21-31-25-19-15-24(16-20-25)23-10-7-6-8-11-23/h15-16,19-20,22-23,26-27H,2-14,17-18,21H2,1H3/t22?,26?,27-/m1/s1. The molecule has 0 saturated heterocycles. The van der Waals surface area contributed by atoms with Crippen molar-refractivity contribution in [2.24, 2.45) is 5.92 Å². The molecular formula is C28H43FO3. The summed E-state index contributed by atoms with van der Waals surface area (Å²) in [7, 11) is 0. The van der Waals surface area contributed by atoms with E-state index in [0.29, 0.717) is 18.9 Å². The van der Waals surface area contributed by atoms with Crippen LogP contribution in [0.5, 0.6) is 5.75 Å². The third-order valence-electron chi connectivity index (χ3n) is 7.34. The van der Waals surface area contributed by atoms with Gasteiger partial charge in [0.25, 0.3) is 0 Å². The van der Waals surface area contributed by atoms with Gasteiger partial charge in [0.1, 0.15) is 11.9 Å². The van der Waals surface area contributed by atoms with E-state index in [9.17, 15) is 9.18 Å². The predicted molar refractivity (Wildman–Crippen MR) is 128 cm³/mol. The fourth-order valence-corrected chi connectivity index (χ4v) is 5.19. The molecule has 0 N–H and O–H groups in total. The SMILES string of the molecule is CCCCCCC[C@@H](F)C(=O)OC1CCC(COc2ccc(C3CCCCC3)cc2)CC1. The number of esters is 1. The van der Waals surface area contributed by atoms with Crippen molar-refractivity contribution in [3.05, 3.63) is 29.8 Å². The summed E-state index contributed by atoms with van der Waals surface area (Å²) in [5.74, 6) is 1.49. The zero-order chi connectivity index (χ0) is 22.6. The number of unbranched alkanes of at least 4 members (excludes halogenated alkanes) is 4. The van der Waals surface area contributed by atoms with Crippen molar-refractivity contribution in [2.45, 2.75) is 121 Å². The van der Waals surface area contributed by atoms with E-state index < -0.39 is 12.1 Å². The molecule has 0 amide bonds. The van der Waals surface area contributed by atoms with Gasteiger partial charge in [0.05, 0.1) is 6.61 Å². The molecule has 1 aromatic carbocycles. The molecule has 2 aliphatic rings. The molecule has 0 aliphatic heterocycles. The number of carbonyl (C=O) groups excluding carboxylic acids is 1. The predicted octanol–water partition coefficient (Wildman–Crippen LogP) is 7.91. The largest absolute Gasteiger partial charge is 0.493 e. The van der Waals surface area contributed by atoms with E-state index in [-0.39, 0.29) is 6.10 Å². The van der Waals surface area contributed by atoms with Crippen molar-refractivity contribution in [2.75, 3.05) is 6.61 Å². The van der Waals surface area contributed by atoms with Gasteiger partial charge in [-0.1, -0.05) is 64.0 Å². The average molecular weight is 447 g/mol. The number of hydrogen-bond acceptors (Lipinski definition) is 3. The monoisotopic (exact) mass is 446 g/mol. The quantitative estimate of drug-likeness (QED) is 0.242. The van der Waals surface area contributed by atoms with Crippen LogP contribution in [-0.2, 0) is 9.53 Å². The Morgan fingerprint density at radius 2 is 1.62 bits per heavy atom. The second-order valence-corrected chi connectivity index (χ2v) is 9.97. The fraction of sp³-hybridized carbons (Fsp3) is 0.750. The first-order chi connectivity index (χ1) is 15.7. The highest BCUT2D eigenvalue weighted by atomic mass is 19.1. The van der Waals surface area contributed by atoms with Crippen LogP contribution in [0, 0.1) is 5.92 Å². The molecule has 0 heterocycles. The summed E-state index contributed by atoms with van der Waals surface area (Å²) in [6, 6.07) is 8.69. The minimum atomic E-state index is -1.46. The van der Waals surface area contributed by atoms with E-state index in [1.54, 1.807) is 0 Å². The summed E-state index contributed by atoms with van der Waals surface area (Å²) in [6.45, 7) is 2.86. The first-order valence-electron chi connectivity index (χ1n) is 13.2. The smallest absolute Gasteiger partial charge is 0.340 e. The molecule has 4 heteroatoms. The summed E-state index contributed by atoms with van der Waals surface area (Å²) >= 11 is 0. The molecule has 180 valence electrons. The molecule has 1 atom stereocenters. The third kappa shape index (κ3) is 8.41. The summed E-state index contributed by atoms with van der Waals surface area (Å²) in [5.41, 5.74) is 1.45. The van der Waals surface area contributed by atoms with Gasteiger partial charge in [0.15, 0.2) is 6.17 Å². The topological polar surface area (TPSA) is 35.5 Å². The van der Waals surface area contributed by atoms with Gasteiger partial charge in [-0.15, -0.1) is 0 Å². The molecule has 2 fully saturated rings. The van der Waals surface area contributed by atoms with E-state index in [0.717, 1.165) is 56.6 Å². The van der Waals surface area contributed by atoms with Gasteiger partial charge in [0.2, 0.25) is 0 Å². The molecular weight excluding hydrogens is 403 g/mol. The van der Waals surface area contributed by atoms with Crippen molar-refractivity contribution in [3.8, 4) is 5.75 Å². The Balaban J connectivity index is 1.29. The minimum Gasteiger partial charge on any atom is -0.493 e. The molecule has 0 aromatic heterocycles. The number of carbonyl (C=O) groups is 1. The second-order valence-electron chi connectivity index (χ2n) is 9.97. The van der Waals surface area contributed by atoms with E-state index in [1.165, 1.54) is 50.5 Å². The first kappa shape index (κ1) is 25.1. The summed E-state index contributed by atoms with van der Waals surface area (Å²) in [5, 5.41) is 0. The van der Waals surface area contributed by atoms with Crippen molar-refractivity contribution in [3.63, 3.8) is 0 Å². The maximum absolute atomic E-state index is 14.1. The van der Waals surface area contributed by atoms with Crippen LogP contribution in [0.2, 0.25) is 0 Å². The Morgan fingerprint density at radius 1 is 0.938 bits per heavy atom. The number of hydrogen-bond donors (Lipinski definition) is 0. The minimum absolute atomic E-state index is 0.133. The molecule has 32 heavy (non-hydrogen) atoms. The lowest BCUT2D eigenvalue weighted by atomic mass is 9.84. The molecule has 0 spiro atoms. The highest BCUT2D eigenvalue weighted by Crippen LogP contribution is 2.33. The number of halogens is 1. The molecule has 3 rings (SSSR count). The lowest BCUT2D eigenvalue weighted by Gasteiger charge is -2.28. The molecule has 0 unspecified atom stereocenters. The molecule has 1 aromatic rings. The Labute approximate surface area is 194 Å². The van der Waals surface area contributed by atoms with Crippen LogP contribution in [0.25, 0.3) is 0 Å². The molecule has 3 nitrogen and oxygen atoms in total. The van der Waals surface area contributed by atoms with Crippen LogP contribution in [-0.4, -0.2) is 24.9 Å². The number of rotatable bonds is 12. The van der Waals surface area contributed by atoms with Crippen molar-refractivity contribution >= 4 is 5.97 Å². The van der Waals surface area contributed by atoms with E-state index >= 15 is 0 Å². The highest BCUT2D eigenvalue weighted by Gasteiger charge is 2.27. The summed E-state index contributed by atoms with van der Waals surface area (Å²) in [4.78, 5) is 12.0. The number of benzene rings is 1. The second kappa shape index (κ2) is 13.9. The number of alkyl halides is 1. The van der Waals surface area contributed by atoms with Crippen LogP contribution in [0.15, 0.2) is 24.3 Å². The molecule has 0 bridgehead atoms. The van der Waals surface area contributed by atoms with Crippen molar-refractivity contribution in [1.29, 1.82) is 0 Å². The van der Waals surface area contributed by atoms with Gasteiger partial charge in [-0.3, -0.25) is 0 Å². The van der Waals surface area contributed by atoms with Crippen LogP contribution in [0.4, 0.5) is 4.39 Å². The highest BCUT2D eigenvalue weighted by molar-refractivity contribution is 5.74. The average Bonchev–Trinajstić information content (AvgIpc) is 2.84. The van der Waals surface area contributed by atoms with Gasteiger partial charge < -0.3 is 9.47 Å². The maximum atomic E-state index is 14.1. The van der Waals surface area contributed by atoms with E-state index in [4.69, 9.17) is 9.47 Å². The van der Waals surface area contributed by atoms with Crippen LogP contribution >= 0.6 is 0 Å². The fourth-order valence-electron chi connectivity index (χ4n) is 5.19. The van der Waals surface area contributed by atoms with E-state index in [2.05, 4.69) is 31.2 Å². The molecule has 0 radical (unpaired) electrons. The lowest BCUT2D eigenvalue weighted by Crippen LogP contribution is -2.30. The molecule has 2 saturated carbocycles. The van der Waals surface area contributed by atoms with E-state index in [1.807, 2.05) is 0 Å². The van der Waals surface area contributed by atoms with Gasteiger partial charge in [-0.25, -0.2) is 9.18 Å². The Bertz CT molecular complexity index is 645. The normalized spacial score (nSPS) is 22.9. The Kier molecular flexibility index (Phi) is 10.8. The zero-order valence-electron chi connectivity index (χ0n) is 20.0. The molecule has 2 aliphatic carbocycles. The Hall–Kier alpha value is -1.58. The zero-order valence-corrected chi connectivity index (χ0v) is 20.0. The lowest BCUT2D eigenvalue weighted by molar-refractivity contribution is -0.157. The number of ether oxygens (including phenoxy) is 2. The summed E-state index contributed by atoms with van der Waals surface area (Å²) < 4.78 is 25.6. The van der Waals surface area contributed by atoms with Gasteiger partial charge in [-0.05, 0) is 80.9 Å². The summed E-state index contributed by atoms with van der Waals surface area (Å²) in [6.07, 6.45) is 14.2. The van der Waals surface area contributed by atoms with Crippen molar-refractivity contribution in [1.82, 2.24) is 0 Å². The third-order valence-corrected chi connectivity index (χ3v) is 7.34. The van der Waals surface area contributed by atoms with Gasteiger partial charge in [-0.2, -0.15) is 0 Å². The van der Waals surface area contributed by atoms with Gasteiger partial charge >= 0.3 is 5.97 Å². The maximum Gasteiger partial charge on any atom is 0.340 e. The Morgan fingerprint density at radius 3 is 2.31 bits per heavy atom. The van der Waals surface area contributed by atoms with Crippen LogP contribution in [0.3, 0.4) is 0 Å². The van der Waals surface area contributed by atoms with Crippen molar-refractivity contribution < 1.29 is 18.7 Å². The van der Waals surface area contributed by atoms with Crippen LogP contribution < -0.4 is 4.74 Å². The first-order valence-corrected chi connectivity index (χ1v) is 13.2. The van der Waals surface area contributed by atoms with Gasteiger partial charge in [0, 0.05) is 0 Å². The van der Waals surface area contributed by atoms with Crippen LogP contribution in [0.1, 0.15) is 115 Å².